The number of fused-ring (bicyclic) bond motifs is 1. The molecule has 0 saturated heterocycles. The molecule has 1 unspecified atom stereocenters. The SMILES string of the molecule is Cc1[nH]c2ccccc2c1CC(=O)NC(C)CN. The minimum atomic E-state index is 0.0146. The van der Waals surface area contributed by atoms with E-state index in [1.165, 1.54) is 0 Å². The van der Waals surface area contributed by atoms with E-state index < -0.39 is 0 Å². The Hall–Kier alpha value is -1.81. The van der Waals surface area contributed by atoms with E-state index in [0.29, 0.717) is 13.0 Å². The van der Waals surface area contributed by atoms with Crippen molar-refractivity contribution in [2.75, 3.05) is 6.54 Å². The van der Waals surface area contributed by atoms with Crippen LogP contribution in [0.5, 0.6) is 0 Å². The third kappa shape index (κ3) is 2.54. The van der Waals surface area contributed by atoms with Crippen LogP contribution in [0, 0.1) is 6.92 Å². The Bertz CT molecular complexity index is 559. The third-order valence-corrected chi connectivity index (χ3v) is 3.13. The zero-order valence-electron chi connectivity index (χ0n) is 10.8. The molecule has 1 aromatic carbocycles. The molecular formula is C14H19N3O. The van der Waals surface area contributed by atoms with Gasteiger partial charge in [-0.15, -0.1) is 0 Å². The number of hydrogen-bond acceptors (Lipinski definition) is 2. The van der Waals surface area contributed by atoms with Gasteiger partial charge in [0.1, 0.15) is 0 Å². The van der Waals surface area contributed by atoms with Crippen molar-refractivity contribution in [1.29, 1.82) is 0 Å². The van der Waals surface area contributed by atoms with E-state index in [1.54, 1.807) is 0 Å². The number of H-pyrrole nitrogens is 1. The van der Waals surface area contributed by atoms with Gasteiger partial charge >= 0.3 is 0 Å². The number of nitrogens with two attached hydrogens (primary N) is 1. The number of benzene rings is 1. The third-order valence-electron chi connectivity index (χ3n) is 3.13. The highest BCUT2D eigenvalue weighted by atomic mass is 16.1. The number of aromatic amines is 1. The lowest BCUT2D eigenvalue weighted by molar-refractivity contribution is -0.120. The molecule has 1 amide bonds. The summed E-state index contributed by atoms with van der Waals surface area (Å²) in [5.41, 5.74) is 8.68. The van der Waals surface area contributed by atoms with Gasteiger partial charge in [-0.1, -0.05) is 18.2 Å². The Kier molecular flexibility index (Phi) is 3.67. The molecule has 0 aliphatic rings. The van der Waals surface area contributed by atoms with Crippen LogP contribution in [0.3, 0.4) is 0 Å². The summed E-state index contributed by atoms with van der Waals surface area (Å²) in [6, 6.07) is 8.04. The fourth-order valence-electron chi connectivity index (χ4n) is 2.11. The topological polar surface area (TPSA) is 70.9 Å². The van der Waals surface area contributed by atoms with E-state index in [9.17, 15) is 4.79 Å². The zero-order chi connectivity index (χ0) is 13.1. The molecule has 0 aliphatic heterocycles. The summed E-state index contributed by atoms with van der Waals surface area (Å²) in [5.74, 6) is 0.0146. The Balaban J connectivity index is 2.21. The number of nitrogens with one attached hydrogen (secondary N) is 2. The Morgan fingerprint density at radius 3 is 2.89 bits per heavy atom. The van der Waals surface area contributed by atoms with E-state index in [2.05, 4.69) is 10.3 Å². The molecule has 0 radical (unpaired) electrons. The van der Waals surface area contributed by atoms with Crippen LogP contribution in [0.4, 0.5) is 0 Å². The van der Waals surface area contributed by atoms with Crippen LogP contribution in [0.1, 0.15) is 18.2 Å². The first kappa shape index (κ1) is 12.6. The fourth-order valence-corrected chi connectivity index (χ4v) is 2.11. The number of rotatable bonds is 4. The first-order chi connectivity index (χ1) is 8.61. The molecule has 1 atom stereocenters. The summed E-state index contributed by atoms with van der Waals surface area (Å²) in [4.78, 5) is 15.2. The number of aryl methyl sites for hydroxylation is 1. The Labute approximate surface area is 107 Å². The number of hydrogen-bond donors (Lipinski definition) is 3. The monoisotopic (exact) mass is 245 g/mol. The molecular weight excluding hydrogens is 226 g/mol. The van der Waals surface area contributed by atoms with Gasteiger partial charge in [0, 0.05) is 29.2 Å². The van der Waals surface area contributed by atoms with Crippen molar-refractivity contribution in [3.8, 4) is 0 Å². The minimum absolute atomic E-state index is 0.0146. The van der Waals surface area contributed by atoms with Crippen molar-refractivity contribution in [2.45, 2.75) is 26.3 Å². The molecule has 4 N–H and O–H groups in total. The summed E-state index contributed by atoms with van der Waals surface area (Å²) in [7, 11) is 0. The van der Waals surface area contributed by atoms with Crippen molar-refractivity contribution in [3.63, 3.8) is 0 Å². The normalized spacial score (nSPS) is 12.6. The predicted octanol–water partition coefficient (Wildman–Crippen LogP) is 1.48. The summed E-state index contributed by atoms with van der Waals surface area (Å²) in [6.07, 6.45) is 0.389. The quantitative estimate of drug-likeness (QED) is 0.763. The first-order valence-electron chi connectivity index (χ1n) is 6.17. The maximum absolute atomic E-state index is 11.9. The Morgan fingerprint density at radius 1 is 1.44 bits per heavy atom. The van der Waals surface area contributed by atoms with Gasteiger partial charge in [-0.05, 0) is 25.5 Å². The highest BCUT2D eigenvalue weighted by Gasteiger charge is 2.13. The summed E-state index contributed by atoms with van der Waals surface area (Å²) < 4.78 is 0. The number of carbonyl (C=O) groups excluding carboxylic acids is 1. The van der Waals surface area contributed by atoms with Crippen molar-refractivity contribution in [3.05, 3.63) is 35.5 Å². The van der Waals surface area contributed by atoms with Crippen LogP contribution in [0.15, 0.2) is 24.3 Å². The molecule has 1 aromatic heterocycles. The molecule has 0 bridgehead atoms. The molecule has 0 saturated carbocycles. The average molecular weight is 245 g/mol. The summed E-state index contributed by atoms with van der Waals surface area (Å²) >= 11 is 0. The second-order valence-corrected chi connectivity index (χ2v) is 4.66. The maximum Gasteiger partial charge on any atom is 0.224 e. The first-order valence-corrected chi connectivity index (χ1v) is 6.17. The molecule has 4 nitrogen and oxygen atoms in total. The van der Waals surface area contributed by atoms with E-state index in [0.717, 1.165) is 22.2 Å². The van der Waals surface area contributed by atoms with Crippen LogP contribution in [0.2, 0.25) is 0 Å². The van der Waals surface area contributed by atoms with E-state index >= 15 is 0 Å². The van der Waals surface area contributed by atoms with E-state index in [-0.39, 0.29) is 11.9 Å². The second kappa shape index (κ2) is 5.23. The smallest absolute Gasteiger partial charge is 0.224 e. The highest BCUT2D eigenvalue weighted by Crippen LogP contribution is 2.22. The average Bonchev–Trinajstić information content (AvgIpc) is 2.66. The number of aromatic nitrogens is 1. The predicted molar refractivity (Wildman–Crippen MR) is 73.4 cm³/mol. The van der Waals surface area contributed by atoms with Gasteiger partial charge in [-0.25, -0.2) is 0 Å². The van der Waals surface area contributed by atoms with Crippen molar-refractivity contribution in [2.24, 2.45) is 5.73 Å². The molecule has 0 spiro atoms. The van der Waals surface area contributed by atoms with Gasteiger partial charge in [0.25, 0.3) is 0 Å². The molecule has 2 rings (SSSR count). The standard InChI is InChI=1S/C14H19N3O/c1-9(8-15)16-14(18)7-12-10(2)17-13-6-4-3-5-11(12)13/h3-6,9,17H,7-8,15H2,1-2H3,(H,16,18). The van der Waals surface area contributed by atoms with Crippen molar-refractivity contribution in [1.82, 2.24) is 10.3 Å². The summed E-state index contributed by atoms with van der Waals surface area (Å²) in [5, 5.41) is 4.00. The number of carbonyl (C=O) groups is 1. The van der Waals surface area contributed by atoms with Gasteiger partial charge in [-0.2, -0.15) is 0 Å². The van der Waals surface area contributed by atoms with Gasteiger partial charge in [-0.3, -0.25) is 4.79 Å². The minimum Gasteiger partial charge on any atom is -0.358 e. The molecule has 1 heterocycles. The zero-order valence-corrected chi connectivity index (χ0v) is 10.8. The van der Waals surface area contributed by atoms with Crippen molar-refractivity contribution < 1.29 is 4.79 Å². The molecule has 96 valence electrons. The van der Waals surface area contributed by atoms with Crippen LogP contribution in [-0.4, -0.2) is 23.5 Å². The molecule has 4 heteroatoms. The number of para-hydroxylation sites is 1. The van der Waals surface area contributed by atoms with E-state index in [4.69, 9.17) is 5.73 Å². The van der Waals surface area contributed by atoms with Crippen LogP contribution in [-0.2, 0) is 11.2 Å². The van der Waals surface area contributed by atoms with Gasteiger partial charge in [0.05, 0.1) is 6.42 Å². The van der Waals surface area contributed by atoms with Gasteiger partial charge in [0.2, 0.25) is 5.91 Å². The maximum atomic E-state index is 11.9. The van der Waals surface area contributed by atoms with Crippen LogP contribution >= 0.6 is 0 Å². The lowest BCUT2D eigenvalue weighted by atomic mass is 10.1. The highest BCUT2D eigenvalue weighted by molar-refractivity contribution is 5.90. The lowest BCUT2D eigenvalue weighted by Crippen LogP contribution is -2.38. The second-order valence-electron chi connectivity index (χ2n) is 4.66. The van der Waals surface area contributed by atoms with Crippen LogP contribution < -0.4 is 11.1 Å². The van der Waals surface area contributed by atoms with Crippen molar-refractivity contribution >= 4 is 16.8 Å². The molecule has 18 heavy (non-hydrogen) atoms. The fraction of sp³-hybridized carbons (Fsp3) is 0.357. The summed E-state index contributed by atoms with van der Waals surface area (Å²) in [6.45, 7) is 4.35. The Morgan fingerprint density at radius 2 is 2.17 bits per heavy atom. The number of amides is 1. The van der Waals surface area contributed by atoms with Crippen LogP contribution in [0.25, 0.3) is 10.9 Å². The molecule has 0 aliphatic carbocycles. The lowest BCUT2D eigenvalue weighted by Gasteiger charge is -2.11. The molecule has 0 fully saturated rings. The largest absolute Gasteiger partial charge is 0.358 e. The molecule has 2 aromatic rings. The van der Waals surface area contributed by atoms with Gasteiger partial charge < -0.3 is 16.0 Å². The van der Waals surface area contributed by atoms with Gasteiger partial charge in [0.15, 0.2) is 0 Å². The van der Waals surface area contributed by atoms with E-state index in [1.807, 2.05) is 38.1 Å².